The first-order valence-corrected chi connectivity index (χ1v) is 9.10. The van der Waals surface area contributed by atoms with Crippen molar-refractivity contribution in [3.05, 3.63) is 0 Å². The van der Waals surface area contributed by atoms with Gasteiger partial charge in [-0.25, -0.2) is 0 Å². The Morgan fingerprint density at radius 3 is 2.00 bits per heavy atom. The highest BCUT2D eigenvalue weighted by Crippen LogP contribution is 2.58. The molecule has 0 aromatic rings. The van der Waals surface area contributed by atoms with E-state index in [1.54, 1.807) is 0 Å². The lowest BCUT2D eigenvalue weighted by Gasteiger charge is -2.53. The van der Waals surface area contributed by atoms with Crippen LogP contribution in [0.1, 0.15) is 64.2 Å². The van der Waals surface area contributed by atoms with Crippen LogP contribution < -0.4 is 0 Å². The highest BCUT2D eigenvalue weighted by molar-refractivity contribution is 4.99. The summed E-state index contributed by atoms with van der Waals surface area (Å²) < 4.78 is 0. The van der Waals surface area contributed by atoms with Gasteiger partial charge < -0.3 is 10.2 Å². The molecule has 0 heterocycles. The predicted octanol–water partition coefficient (Wildman–Crippen LogP) is 3.57. The Kier molecular flexibility index (Phi) is 3.58. The van der Waals surface area contributed by atoms with Crippen molar-refractivity contribution in [2.45, 2.75) is 70.5 Å². The van der Waals surface area contributed by atoms with Gasteiger partial charge in [0.25, 0.3) is 0 Å². The van der Waals surface area contributed by atoms with Crippen molar-refractivity contribution in [3.8, 4) is 0 Å². The third kappa shape index (κ3) is 2.14. The molecule has 2 N–H and O–H groups in total. The fourth-order valence-corrected chi connectivity index (χ4v) is 6.78. The zero-order chi connectivity index (χ0) is 13.7. The van der Waals surface area contributed by atoms with E-state index in [1.165, 1.54) is 51.4 Å². The van der Waals surface area contributed by atoms with E-state index in [0.717, 1.165) is 48.3 Å². The van der Waals surface area contributed by atoms with Crippen molar-refractivity contribution in [2.75, 3.05) is 0 Å². The summed E-state index contributed by atoms with van der Waals surface area (Å²) in [7, 11) is 0. The van der Waals surface area contributed by atoms with E-state index in [2.05, 4.69) is 0 Å². The van der Waals surface area contributed by atoms with E-state index in [9.17, 15) is 10.2 Å². The van der Waals surface area contributed by atoms with Gasteiger partial charge in [0.2, 0.25) is 0 Å². The van der Waals surface area contributed by atoms with Gasteiger partial charge in [-0.3, -0.25) is 0 Å². The van der Waals surface area contributed by atoms with Crippen LogP contribution in [0.25, 0.3) is 0 Å². The van der Waals surface area contributed by atoms with Crippen molar-refractivity contribution in [2.24, 2.45) is 41.4 Å². The summed E-state index contributed by atoms with van der Waals surface area (Å²) in [6.07, 6.45) is 12.7. The maximum absolute atomic E-state index is 9.48. The average Bonchev–Trinajstić information content (AvgIpc) is 2.94. The van der Waals surface area contributed by atoms with Gasteiger partial charge in [0.05, 0.1) is 0 Å². The highest BCUT2D eigenvalue weighted by Gasteiger charge is 2.49. The Morgan fingerprint density at radius 2 is 1.25 bits per heavy atom. The van der Waals surface area contributed by atoms with E-state index in [-0.39, 0.29) is 5.92 Å². The summed E-state index contributed by atoms with van der Waals surface area (Å²) in [5.74, 6) is 6.05. The molecular formula is C18H30O2. The van der Waals surface area contributed by atoms with Gasteiger partial charge in [0.1, 0.15) is 0 Å². The molecular weight excluding hydrogens is 248 g/mol. The minimum absolute atomic E-state index is 0.163. The van der Waals surface area contributed by atoms with Crippen LogP contribution in [0, 0.1) is 41.4 Å². The third-order valence-electron chi connectivity index (χ3n) is 7.61. The summed E-state index contributed by atoms with van der Waals surface area (Å²) in [6, 6.07) is 0. The number of rotatable bonds is 1. The minimum Gasteiger partial charge on any atom is -0.368 e. The molecule has 4 fully saturated rings. The third-order valence-corrected chi connectivity index (χ3v) is 7.61. The van der Waals surface area contributed by atoms with Crippen molar-refractivity contribution in [1.29, 1.82) is 0 Å². The van der Waals surface area contributed by atoms with Crippen molar-refractivity contribution in [3.63, 3.8) is 0 Å². The molecule has 0 aromatic carbocycles. The van der Waals surface area contributed by atoms with E-state index in [0.29, 0.717) is 0 Å². The average molecular weight is 278 g/mol. The second kappa shape index (κ2) is 5.28. The molecule has 0 bridgehead atoms. The lowest BCUT2D eigenvalue weighted by molar-refractivity contribution is -0.118. The molecule has 0 amide bonds. The van der Waals surface area contributed by atoms with Gasteiger partial charge in [-0.15, -0.1) is 0 Å². The number of hydrogen-bond acceptors (Lipinski definition) is 2. The van der Waals surface area contributed by atoms with Gasteiger partial charge in [-0.2, -0.15) is 0 Å². The summed E-state index contributed by atoms with van der Waals surface area (Å²) in [5, 5.41) is 19.0. The maximum Gasteiger partial charge on any atom is 0.154 e. The van der Waals surface area contributed by atoms with Gasteiger partial charge in [-0.05, 0) is 86.9 Å². The molecule has 0 spiro atoms. The molecule has 114 valence electrons. The molecule has 4 aliphatic carbocycles. The van der Waals surface area contributed by atoms with E-state index >= 15 is 0 Å². The molecule has 2 unspecified atom stereocenters. The number of fused-ring (bicyclic) bond motifs is 5. The first-order chi connectivity index (χ1) is 9.74. The van der Waals surface area contributed by atoms with Crippen LogP contribution in [0.3, 0.4) is 0 Å². The van der Waals surface area contributed by atoms with E-state index < -0.39 is 6.29 Å². The van der Waals surface area contributed by atoms with Crippen LogP contribution in [-0.4, -0.2) is 16.5 Å². The first kappa shape index (κ1) is 13.6. The summed E-state index contributed by atoms with van der Waals surface area (Å²) in [5.41, 5.74) is 0. The van der Waals surface area contributed by atoms with Crippen LogP contribution in [0.2, 0.25) is 0 Å². The quantitative estimate of drug-likeness (QED) is 0.720. The Labute approximate surface area is 123 Å². The van der Waals surface area contributed by atoms with E-state index in [1.807, 2.05) is 0 Å². The second-order valence-electron chi connectivity index (χ2n) is 8.25. The molecule has 4 rings (SSSR count). The highest BCUT2D eigenvalue weighted by atomic mass is 16.5. The molecule has 4 saturated carbocycles. The van der Waals surface area contributed by atoms with Gasteiger partial charge >= 0.3 is 0 Å². The standard InChI is InChI=1S/C18H30O2/c19-18(20)13-6-7-15-12(10-13)5-9-16-14-3-1-2-11(14)4-8-17(15)16/h11-20H,1-10H2/t11-,12?,13?,14+,15-,16-,17-/m0/s1. The molecule has 0 saturated heterocycles. The van der Waals surface area contributed by atoms with Crippen molar-refractivity contribution < 1.29 is 10.2 Å². The van der Waals surface area contributed by atoms with Crippen LogP contribution in [0.4, 0.5) is 0 Å². The molecule has 4 aliphatic rings. The molecule has 0 radical (unpaired) electrons. The van der Waals surface area contributed by atoms with Crippen LogP contribution in [0.15, 0.2) is 0 Å². The monoisotopic (exact) mass is 278 g/mol. The fourth-order valence-electron chi connectivity index (χ4n) is 6.78. The predicted molar refractivity (Wildman–Crippen MR) is 78.8 cm³/mol. The van der Waals surface area contributed by atoms with Crippen molar-refractivity contribution in [1.82, 2.24) is 0 Å². The summed E-state index contributed by atoms with van der Waals surface area (Å²) >= 11 is 0. The normalized spacial score (nSPS) is 51.5. The van der Waals surface area contributed by atoms with Crippen molar-refractivity contribution >= 4 is 0 Å². The van der Waals surface area contributed by atoms with Gasteiger partial charge in [0.15, 0.2) is 6.29 Å². The first-order valence-electron chi connectivity index (χ1n) is 9.10. The summed E-state index contributed by atoms with van der Waals surface area (Å²) in [4.78, 5) is 0. The number of aliphatic hydroxyl groups is 2. The second-order valence-corrected chi connectivity index (χ2v) is 8.25. The topological polar surface area (TPSA) is 40.5 Å². The smallest absolute Gasteiger partial charge is 0.154 e. The maximum atomic E-state index is 9.48. The van der Waals surface area contributed by atoms with Crippen LogP contribution in [0.5, 0.6) is 0 Å². The lowest BCUT2D eigenvalue weighted by atomic mass is 9.53. The number of aliphatic hydroxyl groups excluding tert-OH is 1. The Hall–Kier alpha value is -0.0800. The SMILES string of the molecule is OC(O)C1CC[C@H]2C(CC[C@H]3[C@@H]4CCC[C@H]4CC[C@H]32)C1. The van der Waals surface area contributed by atoms with E-state index in [4.69, 9.17) is 0 Å². The minimum atomic E-state index is -1.07. The molecule has 20 heavy (non-hydrogen) atoms. The van der Waals surface area contributed by atoms with Crippen LogP contribution in [-0.2, 0) is 0 Å². The van der Waals surface area contributed by atoms with Gasteiger partial charge in [-0.1, -0.05) is 12.8 Å². The van der Waals surface area contributed by atoms with Gasteiger partial charge in [0, 0.05) is 5.92 Å². The molecule has 7 atom stereocenters. The Morgan fingerprint density at radius 1 is 0.600 bits per heavy atom. The van der Waals surface area contributed by atoms with Crippen LogP contribution >= 0.6 is 0 Å². The summed E-state index contributed by atoms with van der Waals surface area (Å²) in [6.45, 7) is 0. The molecule has 0 aromatic heterocycles. The molecule has 2 nitrogen and oxygen atoms in total. The zero-order valence-corrected chi connectivity index (χ0v) is 12.6. The largest absolute Gasteiger partial charge is 0.368 e. The number of hydrogen-bond donors (Lipinski definition) is 2. The fraction of sp³-hybridized carbons (Fsp3) is 1.00. The molecule has 0 aliphatic heterocycles. The molecule has 2 heteroatoms. The lowest BCUT2D eigenvalue weighted by Crippen LogP contribution is -2.45. The Bertz CT molecular complexity index is 353. The Balaban J connectivity index is 1.48. The zero-order valence-electron chi connectivity index (χ0n) is 12.6.